The molecule has 0 bridgehead atoms. The molecule has 1 rings (SSSR count). The number of carbonyl (C=O) groups is 1. The van der Waals surface area contributed by atoms with Crippen LogP contribution >= 0.6 is 28.1 Å². The van der Waals surface area contributed by atoms with E-state index in [-0.39, 0.29) is 5.91 Å². The molecule has 0 radical (unpaired) electrons. The molecule has 0 spiro atoms. The Bertz CT molecular complexity index is 437. The molecule has 1 amide bonds. The van der Waals surface area contributed by atoms with Crippen LogP contribution in [-0.4, -0.2) is 24.6 Å². The first kappa shape index (κ1) is 14.1. The highest BCUT2D eigenvalue weighted by Gasteiger charge is 2.07. The summed E-state index contributed by atoms with van der Waals surface area (Å²) in [6, 6.07) is 5.29. The highest BCUT2D eigenvalue weighted by molar-refractivity contribution is 9.10. The third kappa shape index (κ3) is 4.41. The van der Waals surface area contributed by atoms with E-state index in [0.29, 0.717) is 23.7 Å². The first-order valence-electron chi connectivity index (χ1n) is 4.92. The fraction of sp³-hybridized carbons (Fsp3) is 0.273. The lowest BCUT2D eigenvalue weighted by Gasteiger charge is -2.08. The first-order chi connectivity index (χ1) is 8.04. The molecule has 0 aromatic heterocycles. The van der Waals surface area contributed by atoms with Crippen LogP contribution < -0.4 is 11.1 Å². The molecule has 0 unspecified atom stereocenters. The van der Waals surface area contributed by atoms with Crippen LogP contribution in [0.2, 0.25) is 0 Å². The van der Waals surface area contributed by atoms with Gasteiger partial charge in [-0.05, 0) is 34.1 Å². The van der Waals surface area contributed by atoms with Crippen molar-refractivity contribution >= 4 is 44.7 Å². The highest BCUT2D eigenvalue weighted by Crippen LogP contribution is 2.23. The second-order valence-electron chi connectivity index (χ2n) is 3.35. The fourth-order valence-electron chi connectivity index (χ4n) is 1.18. The van der Waals surface area contributed by atoms with Gasteiger partial charge in [0.25, 0.3) is 0 Å². The molecule has 0 atom stereocenters. The number of nitrogens with two attached hydrogens (primary N) is 1. The summed E-state index contributed by atoms with van der Waals surface area (Å²) in [5, 5.41) is 2.76. The number of nitrogens with one attached hydrogen (secondary N) is 1. The van der Waals surface area contributed by atoms with E-state index in [1.807, 2.05) is 0 Å². The predicted molar refractivity (Wildman–Crippen MR) is 75.2 cm³/mol. The van der Waals surface area contributed by atoms with Gasteiger partial charge >= 0.3 is 0 Å². The van der Waals surface area contributed by atoms with Gasteiger partial charge in [0.2, 0.25) is 5.91 Å². The summed E-state index contributed by atoms with van der Waals surface area (Å²) in [5.41, 5.74) is 6.94. The molecular formula is C11H13BrN2O2S. The van der Waals surface area contributed by atoms with Gasteiger partial charge in [0, 0.05) is 17.1 Å². The third-order valence-electron chi connectivity index (χ3n) is 2.06. The summed E-state index contributed by atoms with van der Waals surface area (Å²) in [4.78, 5) is 11.8. The van der Waals surface area contributed by atoms with E-state index in [9.17, 15) is 4.79 Å². The number of anilines is 1. The van der Waals surface area contributed by atoms with Crippen molar-refractivity contribution in [3.63, 3.8) is 0 Å². The SMILES string of the molecule is COCCC(=O)Nc1ccc(C(N)=S)cc1Br. The van der Waals surface area contributed by atoms with Crippen LogP contribution in [0.5, 0.6) is 0 Å². The molecule has 0 saturated carbocycles. The van der Waals surface area contributed by atoms with Crippen molar-refractivity contribution in [1.29, 1.82) is 0 Å². The Morgan fingerprint density at radius 2 is 2.29 bits per heavy atom. The van der Waals surface area contributed by atoms with Crippen molar-refractivity contribution < 1.29 is 9.53 Å². The number of thiocarbonyl (C=S) groups is 1. The Labute approximate surface area is 114 Å². The second kappa shape index (κ2) is 6.68. The maximum absolute atomic E-state index is 11.5. The van der Waals surface area contributed by atoms with Gasteiger partial charge in [-0.1, -0.05) is 12.2 Å². The number of hydrogen-bond acceptors (Lipinski definition) is 3. The van der Waals surface area contributed by atoms with Gasteiger partial charge < -0.3 is 15.8 Å². The van der Waals surface area contributed by atoms with Crippen LogP contribution in [0, 0.1) is 0 Å². The molecule has 1 aromatic carbocycles. The highest BCUT2D eigenvalue weighted by atomic mass is 79.9. The Balaban J connectivity index is 2.72. The van der Waals surface area contributed by atoms with Gasteiger partial charge in [0.05, 0.1) is 18.7 Å². The minimum atomic E-state index is -0.101. The largest absolute Gasteiger partial charge is 0.389 e. The minimum Gasteiger partial charge on any atom is -0.389 e. The zero-order valence-electron chi connectivity index (χ0n) is 9.33. The Morgan fingerprint density at radius 3 is 2.82 bits per heavy atom. The van der Waals surface area contributed by atoms with Crippen LogP contribution in [0.15, 0.2) is 22.7 Å². The Kier molecular flexibility index (Phi) is 5.54. The maximum atomic E-state index is 11.5. The zero-order valence-corrected chi connectivity index (χ0v) is 11.7. The van der Waals surface area contributed by atoms with Gasteiger partial charge in [0.1, 0.15) is 4.99 Å². The monoisotopic (exact) mass is 316 g/mol. The summed E-state index contributed by atoms with van der Waals surface area (Å²) in [6.45, 7) is 0.397. The van der Waals surface area contributed by atoms with Crippen molar-refractivity contribution in [3.8, 4) is 0 Å². The quantitative estimate of drug-likeness (QED) is 0.816. The third-order valence-corrected chi connectivity index (χ3v) is 2.95. The average molecular weight is 317 g/mol. The van der Waals surface area contributed by atoms with E-state index in [4.69, 9.17) is 22.7 Å². The molecule has 1 aromatic rings. The molecule has 0 aliphatic carbocycles. The number of methoxy groups -OCH3 is 1. The van der Waals surface area contributed by atoms with E-state index in [1.54, 1.807) is 25.3 Å². The Morgan fingerprint density at radius 1 is 1.59 bits per heavy atom. The molecule has 0 aliphatic rings. The van der Waals surface area contributed by atoms with Gasteiger partial charge in [-0.15, -0.1) is 0 Å². The number of amides is 1. The molecule has 0 fully saturated rings. The number of halogens is 1. The first-order valence-corrected chi connectivity index (χ1v) is 6.13. The lowest BCUT2D eigenvalue weighted by atomic mass is 10.2. The number of benzene rings is 1. The molecule has 6 heteroatoms. The molecular weight excluding hydrogens is 304 g/mol. The summed E-state index contributed by atoms with van der Waals surface area (Å²) >= 11 is 8.21. The van der Waals surface area contributed by atoms with Crippen molar-refractivity contribution in [1.82, 2.24) is 0 Å². The van der Waals surface area contributed by atoms with Gasteiger partial charge in [0.15, 0.2) is 0 Å². The second-order valence-corrected chi connectivity index (χ2v) is 4.64. The summed E-state index contributed by atoms with van der Waals surface area (Å²) < 4.78 is 5.57. The number of hydrogen-bond donors (Lipinski definition) is 2. The van der Waals surface area contributed by atoms with Gasteiger partial charge in [-0.3, -0.25) is 4.79 Å². The Hall–Kier alpha value is -0.980. The van der Waals surface area contributed by atoms with Crippen molar-refractivity contribution in [2.24, 2.45) is 5.73 Å². The van der Waals surface area contributed by atoms with Crippen LogP contribution in [0.25, 0.3) is 0 Å². The summed E-state index contributed by atoms with van der Waals surface area (Å²) in [6.07, 6.45) is 0.319. The number of ether oxygens (including phenoxy) is 1. The lowest BCUT2D eigenvalue weighted by Crippen LogP contribution is -2.14. The van der Waals surface area contributed by atoms with E-state index >= 15 is 0 Å². The average Bonchev–Trinajstić information content (AvgIpc) is 2.28. The van der Waals surface area contributed by atoms with Crippen LogP contribution in [0.1, 0.15) is 12.0 Å². The predicted octanol–water partition coefficient (Wildman–Crippen LogP) is 2.06. The topological polar surface area (TPSA) is 64.3 Å². The molecule has 0 saturated heterocycles. The molecule has 92 valence electrons. The molecule has 17 heavy (non-hydrogen) atoms. The zero-order chi connectivity index (χ0) is 12.8. The van der Waals surface area contributed by atoms with Crippen molar-refractivity contribution in [2.75, 3.05) is 19.0 Å². The number of rotatable bonds is 5. The standard InChI is InChI=1S/C11H13BrN2O2S/c1-16-5-4-10(15)14-9-3-2-7(11(13)17)6-8(9)12/h2-3,6H,4-5H2,1H3,(H2,13,17)(H,14,15). The van der Waals surface area contributed by atoms with Crippen LogP contribution in [0.4, 0.5) is 5.69 Å². The molecule has 0 aliphatic heterocycles. The van der Waals surface area contributed by atoms with E-state index < -0.39 is 0 Å². The number of carbonyl (C=O) groups excluding carboxylic acids is 1. The molecule has 4 nitrogen and oxygen atoms in total. The van der Waals surface area contributed by atoms with E-state index in [1.165, 1.54) is 0 Å². The molecule has 3 N–H and O–H groups in total. The van der Waals surface area contributed by atoms with Crippen molar-refractivity contribution in [3.05, 3.63) is 28.2 Å². The van der Waals surface area contributed by atoms with E-state index in [0.717, 1.165) is 10.0 Å². The lowest BCUT2D eigenvalue weighted by molar-refractivity contribution is -0.117. The van der Waals surface area contributed by atoms with Gasteiger partial charge in [-0.25, -0.2) is 0 Å². The van der Waals surface area contributed by atoms with Crippen LogP contribution in [0.3, 0.4) is 0 Å². The van der Waals surface area contributed by atoms with E-state index in [2.05, 4.69) is 21.2 Å². The minimum absolute atomic E-state index is 0.101. The smallest absolute Gasteiger partial charge is 0.226 e. The fourth-order valence-corrected chi connectivity index (χ4v) is 1.78. The summed E-state index contributed by atoms with van der Waals surface area (Å²) in [5.74, 6) is -0.101. The normalized spacial score (nSPS) is 10.0. The van der Waals surface area contributed by atoms with Crippen molar-refractivity contribution in [2.45, 2.75) is 6.42 Å². The summed E-state index contributed by atoms with van der Waals surface area (Å²) in [7, 11) is 1.56. The van der Waals surface area contributed by atoms with Crippen LogP contribution in [-0.2, 0) is 9.53 Å². The molecule has 0 heterocycles. The van der Waals surface area contributed by atoms with Gasteiger partial charge in [-0.2, -0.15) is 0 Å². The maximum Gasteiger partial charge on any atom is 0.226 e.